The monoisotopic (exact) mass is 293 g/mol. The fourth-order valence-corrected chi connectivity index (χ4v) is 3.09. The van der Waals surface area contributed by atoms with Crippen LogP contribution >= 0.6 is 0 Å². The molecular weight excluding hydrogens is 270 g/mol. The zero-order valence-electron chi connectivity index (χ0n) is 12.6. The molecule has 116 valence electrons. The second-order valence-corrected chi connectivity index (χ2v) is 6.16. The van der Waals surface area contributed by atoms with Crippen molar-refractivity contribution >= 4 is 5.91 Å². The molecule has 1 atom stereocenters. The molecule has 0 unspecified atom stereocenters. The van der Waals surface area contributed by atoms with Crippen LogP contribution in [0.1, 0.15) is 23.2 Å². The minimum absolute atomic E-state index is 0.0143. The normalized spacial score (nSPS) is 22.6. The lowest BCUT2D eigenvalue weighted by atomic mass is 9.80. The molecule has 2 rings (SSSR count). The van der Waals surface area contributed by atoms with Crippen LogP contribution in [0.3, 0.4) is 0 Å². The van der Waals surface area contributed by atoms with Gasteiger partial charge in [-0.3, -0.25) is 9.78 Å². The summed E-state index contributed by atoms with van der Waals surface area (Å²) >= 11 is 0. The van der Waals surface area contributed by atoms with E-state index in [1.807, 2.05) is 19.0 Å². The number of likely N-dealkylation sites (tertiary alicyclic amines) is 1. The Morgan fingerprint density at radius 1 is 1.48 bits per heavy atom. The van der Waals surface area contributed by atoms with Crippen molar-refractivity contribution in [2.24, 2.45) is 5.41 Å². The summed E-state index contributed by atoms with van der Waals surface area (Å²) < 4.78 is 0. The lowest BCUT2D eigenvalue weighted by Gasteiger charge is -2.43. The number of piperidine rings is 1. The maximum absolute atomic E-state index is 12.5. The number of hydrogen-bond acceptors (Lipinski definition) is 5. The van der Waals surface area contributed by atoms with Crippen LogP contribution in [0.25, 0.3) is 0 Å². The fraction of sp³-hybridized carbons (Fsp3) is 0.600. The molecular formula is C15H23N3O3. The van der Waals surface area contributed by atoms with Crippen molar-refractivity contribution in [2.75, 3.05) is 40.3 Å². The number of aliphatic hydroxyl groups is 1. The molecule has 0 spiro atoms. The number of pyridine rings is 1. The number of nitrogens with zero attached hydrogens (tertiary/aromatic N) is 3. The van der Waals surface area contributed by atoms with Gasteiger partial charge in [-0.05, 0) is 33.0 Å². The molecule has 1 aromatic heterocycles. The molecule has 0 bridgehead atoms. The first-order valence-corrected chi connectivity index (χ1v) is 7.15. The Kier molecular flexibility index (Phi) is 4.80. The van der Waals surface area contributed by atoms with Gasteiger partial charge in [0.15, 0.2) is 0 Å². The minimum atomic E-state index is -0.276. The van der Waals surface area contributed by atoms with Gasteiger partial charge in [0, 0.05) is 31.2 Å². The van der Waals surface area contributed by atoms with E-state index in [0.29, 0.717) is 18.7 Å². The maximum Gasteiger partial charge on any atom is 0.255 e. The zero-order chi connectivity index (χ0) is 15.5. The molecule has 0 radical (unpaired) electrons. The van der Waals surface area contributed by atoms with Gasteiger partial charge < -0.3 is 20.0 Å². The highest BCUT2D eigenvalue weighted by molar-refractivity contribution is 5.94. The average Bonchev–Trinajstić information content (AvgIpc) is 2.46. The van der Waals surface area contributed by atoms with Gasteiger partial charge in [0.1, 0.15) is 5.75 Å². The van der Waals surface area contributed by atoms with Crippen molar-refractivity contribution in [1.82, 2.24) is 14.8 Å². The second-order valence-electron chi connectivity index (χ2n) is 6.16. The molecule has 1 aliphatic heterocycles. The maximum atomic E-state index is 12.5. The molecule has 21 heavy (non-hydrogen) atoms. The first kappa shape index (κ1) is 15.7. The molecule has 1 saturated heterocycles. The van der Waals surface area contributed by atoms with Gasteiger partial charge in [-0.2, -0.15) is 0 Å². The quantitative estimate of drug-likeness (QED) is 0.848. The van der Waals surface area contributed by atoms with Gasteiger partial charge in [0.25, 0.3) is 5.91 Å². The van der Waals surface area contributed by atoms with Crippen LogP contribution in [0, 0.1) is 5.41 Å². The highest BCUT2D eigenvalue weighted by atomic mass is 16.3. The first-order valence-electron chi connectivity index (χ1n) is 7.15. The van der Waals surface area contributed by atoms with Gasteiger partial charge in [-0.15, -0.1) is 0 Å². The van der Waals surface area contributed by atoms with Gasteiger partial charge in [-0.1, -0.05) is 0 Å². The Morgan fingerprint density at radius 2 is 2.24 bits per heavy atom. The Labute approximate surface area is 125 Å². The molecule has 0 aliphatic carbocycles. The molecule has 6 heteroatoms. The highest BCUT2D eigenvalue weighted by Crippen LogP contribution is 2.31. The van der Waals surface area contributed by atoms with Crippen molar-refractivity contribution in [3.05, 3.63) is 24.0 Å². The lowest BCUT2D eigenvalue weighted by Crippen LogP contribution is -2.51. The molecule has 1 fully saturated rings. The van der Waals surface area contributed by atoms with Crippen LogP contribution in [-0.4, -0.2) is 71.2 Å². The van der Waals surface area contributed by atoms with Gasteiger partial charge >= 0.3 is 0 Å². The van der Waals surface area contributed by atoms with E-state index in [4.69, 9.17) is 0 Å². The summed E-state index contributed by atoms with van der Waals surface area (Å²) in [6, 6.07) is 1.43. The van der Waals surface area contributed by atoms with Crippen LogP contribution in [0.4, 0.5) is 0 Å². The SMILES string of the molecule is CN(C)C[C@]1(CO)CCCN(C(=O)c2cncc(O)c2)C1. The topological polar surface area (TPSA) is 76.9 Å². The largest absolute Gasteiger partial charge is 0.506 e. The third-order valence-electron chi connectivity index (χ3n) is 3.91. The average molecular weight is 293 g/mol. The van der Waals surface area contributed by atoms with E-state index >= 15 is 0 Å². The number of aliphatic hydroxyl groups excluding tert-OH is 1. The molecule has 0 aromatic carbocycles. The second kappa shape index (κ2) is 6.41. The Morgan fingerprint density at radius 3 is 2.86 bits per heavy atom. The minimum Gasteiger partial charge on any atom is -0.506 e. The number of aromatic hydroxyl groups is 1. The van der Waals surface area contributed by atoms with Gasteiger partial charge in [0.05, 0.1) is 18.4 Å². The summed E-state index contributed by atoms with van der Waals surface area (Å²) in [5, 5.41) is 19.2. The van der Waals surface area contributed by atoms with Crippen LogP contribution in [0.15, 0.2) is 18.5 Å². The van der Waals surface area contributed by atoms with Gasteiger partial charge in [-0.25, -0.2) is 0 Å². The highest BCUT2D eigenvalue weighted by Gasteiger charge is 2.37. The molecule has 2 heterocycles. The van der Waals surface area contributed by atoms with Crippen LogP contribution in [0.2, 0.25) is 0 Å². The number of carbonyl (C=O) groups excluding carboxylic acids is 1. The zero-order valence-corrected chi connectivity index (χ0v) is 12.6. The Hall–Kier alpha value is -1.66. The van der Waals surface area contributed by atoms with E-state index < -0.39 is 0 Å². The van der Waals surface area contributed by atoms with Crippen LogP contribution in [0.5, 0.6) is 5.75 Å². The van der Waals surface area contributed by atoms with E-state index in [9.17, 15) is 15.0 Å². The Balaban J connectivity index is 2.15. The lowest BCUT2D eigenvalue weighted by molar-refractivity contribution is 0.0138. The molecule has 6 nitrogen and oxygen atoms in total. The summed E-state index contributed by atoms with van der Waals surface area (Å²) in [6.45, 7) is 2.00. The number of rotatable bonds is 4. The van der Waals surface area contributed by atoms with Crippen molar-refractivity contribution in [2.45, 2.75) is 12.8 Å². The van der Waals surface area contributed by atoms with E-state index in [2.05, 4.69) is 4.98 Å². The van der Waals surface area contributed by atoms with Crippen molar-refractivity contribution < 1.29 is 15.0 Å². The standard InChI is InChI=1S/C15H23N3O3/c1-17(2)9-15(11-19)4-3-5-18(10-15)14(21)12-6-13(20)8-16-7-12/h6-8,19-20H,3-5,9-11H2,1-2H3/t15-/m1/s1. The van der Waals surface area contributed by atoms with E-state index in [0.717, 1.165) is 19.4 Å². The summed E-state index contributed by atoms with van der Waals surface area (Å²) in [5.74, 6) is -0.158. The molecule has 1 amide bonds. The van der Waals surface area contributed by atoms with E-state index in [1.165, 1.54) is 18.5 Å². The number of hydrogen-bond donors (Lipinski definition) is 2. The predicted molar refractivity (Wildman–Crippen MR) is 79.1 cm³/mol. The number of amides is 1. The summed E-state index contributed by atoms with van der Waals surface area (Å²) in [4.78, 5) is 20.2. The third-order valence-corrected chi connectivity index (χ3v) is 3.91. The summed E-state index contributed by atoms with van der Waals surface area (Å²) in [7, 11) is 3.94. The van der Waals surface area contributed by atoms with E-state index in [-0.39, 0.29) is 23.7 Å². The molecule has 0 saturated carbocycles. The van der Waals surface area contributed by atoms with Crippen LogP contribution in [-0.2, 0) is 0 Å². The number of aromatic nitrogens is 1. The third kappa shape index (κ3) is 3.71. The van der Waals surface area contributed by atoms with Crippen LogP contribution < -0.4 is 0 Å². The smallest absolute Gasteiger partial charge is 0.255 e. The van der Waals surface area contributed by atoms with Gasteiger partial charge in [0.2, 0.25) is 0 Å². The first-order chi connectivity index (χ1) is 9.96. The van der Waals surface area contributed by atoms with Crippen molar-refractivity contribution in [3.8, 4) is 5.75 Å². The fourth-order valence-electron chi connectivity index (χ4n) is 3.09. The molecule has 2 N–H and O–H groups in total. The van der Waals surface area contributed by atoms with E-state index in [1.54, 1.807) is 4.90 Å². The Bertz CT molecular complexity index is 507. The molecule has 1 aromatic rings. The van der Waals surface area contributed by atoms with Crippen molar-refractivity contribution in [1.29, 1.82) is 0 Å². The molecule has 1 aliphatic rings. The summed E-state index contributed by atoms with van der Waals surface area (Å²) in [6.07, 6.45) is 4.54. The predicted octanol–water partition coefficient (Wildman–Crippen LogP) is 0.563. The van der Waals surface area contributed by atoms with Crippen molar-refractivity contribution in [3.63, 3.8) is 0 Å². The number of carbonyl (C=O) groups is 1. The summed E-state index contributed by atoms with van der Waals surface area (Å²) in [5.41, 5.74) is 0.107.